The molecule has 1 aromatic carbocycles. The van der Waals surface area contributed by atoms with Crippen molar-refractivity contribution in [2.75, 3.05) is 5.32 Å². The van der Waals surface area contributed by atoms with Crippen LogP contribution in [0.15, 0.2) is 24.3 Å². The highest BCUT2D eigenvalue weighted by molar-refractivity contribution is 6.44. The largest absolute Gasteiger partial charge is 0.481 e. The van der Waals surface area contributed by atoms with Crippen molar-refractivity contribution in [3.8, 4) is 0 Å². The van der Waals surface area contributed by atoms with Gasteiger partial charge in [0.25, 0.3) is 0 Å². The Kier molecular flexibility index (Phi) is 4.10. The molecule has 4 atom stereocenters. The molecular weight excluding hydrogens is 349 g/mol. The van der Waals surface area contributed by atoms with Gasteiger partial charge in [-0.05, 0) is 30.4 Å². The van der Waals surface area contributed by atoms with Crippen molar-refractivity contribution in [3.05, 3.63) is 39.4 Å². The van der Waals surface area contributed by atoms with E-state index in [0.717, 1.165) is 0 Å². The van der Waals surface area contributed by atoms with Crippen LogP contribution < -0.4 is 5.32 Å². The number of fused-ring (bicyclic) bond motifs is 2. The summed E-state index contributed by atoms with van der Waals surface area (Å²) >= 11 is 17.8. The number of carboxylic acids is 1. The number of nitrogens with one attached hydrogen (secondary N) is 1. The number of benzene rings is 1. The van der Waals surface area contributed by atoms with E-state index in [2.05, 4.69) is 5.32 Å². The fraction of sp³-hybridized carbons (Fsp3) is 0.333. The molecule has 4 unspecified atom stereocenters. The minimum absolute atomic E-state index is 0.0485. The molecule has 0 saturated heterocycles. The van der Waals surface area contributed by atoms with E-state index in [1.54, 1.807) is 0 Å². The van der Waals surface area contributed by atoms with Gasteiger partial charge in [0.1, 0.15) is 0 Å². The molecule has 1 aromatic rings. The molecule has 116 valence electrons. The second kappa shape index (κ2) is 5.76. The Hall–Kier alpha value is -1.23. The molecule has 0 heterocycles. The second-order valence-electron chi connectivity index (χ2n) is 5.57. The first-order chi connectivity index (χ1) is 10.4. The average molecular weight is 361 g/mol. The zero-order valence-electron chi connectivity index (χ0n) is 11.2. The quantitative estimate of drug-likeness (QED) is 0.630. The van der Waals surface area contributed by atoms with Gasteiger partial charge in [-0.15, -0.1) is 0 Å². The normalized spacial score (nSPS) is 28.9. The van der Waals surface area contributed by atoms with Crippen LogP contribution in [0.5, 0.6) is 0 Å². The van der Waals surface area contributed by atoms with E-state index in [0.29, 0.717) is 12.1 Å². The van der Waals surface area contributed by atoms with Gasteiger partial charge < -0.3 is 10.4 Å². The van der Waals surface area contributed by atoms with Gasteiger partial charge in [-0.2, -0.15) is 0 Å². The maximum Gasteiger partial charge on any atom is 0.307 e. The number of carboxylic acid groups (broad SMARTS) is 1. The molecular formula is C15H12Cl3NO3. The number of allylic oxidation sites excluding steroid dienone is 2. The van der Waals surface area contributed by atoms with Crippen LogP contribution >= 0.6 is 34.8 Å². The Labute approximate surface area is 142 Å². The molecule has 22 heavy (non-hydrogen) atoms. The highest BCUT2D eigenvalue weighted by Crippen LogP contribution is 2.48. The summed E-state index contributed by atoms with van der Waals surface area (Å²) < 4.78 is 0. The summed E-state index contributed by atoms with van der Waals surface area (Å²) in [6.07, 6.45) is 4.51. The zero-order valence-corrected chi connectivity index (χ0v) is 13.5. The van der Waals surface area contributed by atoms with Crippen molar-refractivity contribution in [3.63, 3.8) is 0 Å². The lowest BCUT2D eigenvalue weighted by atomic mass is 9.82. The molecule has 2 aliphatic carbocycles. The number of hydrogen-bond acceptors (Lipinski definition) is 2. The monoisotopic (exact) mass is 359 g/mol. The van der Waals surface area contributed by atoms with E-state index < -0.39 is 17.8 Å². The fourth-order valence-corrected chi connectivity index (χ4v) is 3.94. The first kappa shape index (κ1) is 15.7. The van der Waals surface area contributed by atoms with Crippen molar-refractivity contribution in [2.45, 2.75) is 6.42 Å². The topological polar surface area (TPSA) is 66.4 Å². The van der Waals surface area contributed by atoms with Crippen molar-refractivity contribution in [2.24, 2.45) is 23.7 Å². The summed E-state index contributed by atoms with van der Waals surface area (Å²) in [5, 5.41) is 12.9. The van der Waals surface area contributed by atoms with Crippen LogP contribution in [0.1, 0.15) is 6.42 Å². The maximum atomic E-state index is 12.5. The Balaban J connectivity index is 1.84. The number of anilines is 1. The Morgan fingerprint density at radius 2 is 1.59 bits per heavy atom. The van der Waals surface area contributed by atoms with Gasteiger partial charge in [-0.3, -0.25) is 9.59 Å². The zero-order chi connectivity index (χ0) is 16.0. The van der Waals surface area contributed by atoms with E-state index in [9.17, 15) is 14.7 Å². The Bertz CT molecular complexity index is 689. The summed E-state index contributed by atoms with van der Waals surface area (Å²) in [6, 6.07) is 2.90. The van der Waals surface area contributed by atoms with Crippen molar-refractivity contribution in [1.82, 2.24) is 0 Å². The van der Waals surface area contributed by atoms with Crippen LogP contribution in [-0.2, 0) is 9.59 Å². The van der Waals surface area contributed by atoms with E-state index in [1.165, 1.54) is 12.1 Å². The molecule has 2 N–H and O–H groups in total. The molecule has 0 radical (unpaired) electrons. The molecule has 0 spiro atoms. The summed E-state index contributed by atoms with van der Waals surface area (Å²) in [6.45, 7) is 0. The second-order valence-corrected chi connectivity index (χ2v) is 6.80. The summed E-state index contributed by atoms with van der Waals surface area (Å²) in [4.78, 5) is 24.0. The first-order valence-electron chi connectivity index (χ1n) is 6.75. The van der Waals surface area contributed by atoms with Gasteiger partial charge in [-0.1, -0.05) is 47.0 Å². The molecule has 1 saturated carbocycles. The SMILES string of the molecule is O=C(O)C1C2C=CC(C2)C1C(=O)Nc1cc(Cl)c(Cl)cc1Cl. The molecule has 4 nitrogen and oxygen atoms in total. The number of halogens is 3. The predicted molar refractivity (Wildman–Crippen MR) is 85.5 cm³/mol. The highest BCUT2D eigenvalue weighted by Gasteiger charge is 2.51. The van der Waals surface area contributed by atoms with Crippen molar-refractivity contribution < 1.29 is 14.7 Å². The van der Waals surface area contributed by atoms with Gasteiger partial charge in [0, 0.05) is 0 Å². The summed E-state index contributed by atoms with van der Waals surface area (Å²) in [7, 11) is 0. The Morgan fingerprint density at radius 1 is 1.00 bits per heavy atom. The summed E-state index contributed by atoms with van der Waals surface area (Å²) in [5.41, 5.74) is 0.331. The third-order valence-electron chi connectivity index (χ3n) is 4.32. The maximum absolute atomic E-state index is 12.5. The lowest BCUT2D eigenvalue weighted by molar-refractivity contribution is -0.146. The number of hydrogen-bond donors (Lipinski definition) is 2. The molecule has 0 aromatic heterocycles. The van der Waals surface area contributed by atoms with Gasteiger partial charge in [0.05, 0.1) is 32.6 Å². The fourth-order valence-electron chi connectivity index (χ4n) is 3.35. The first-order valence-corrected chi connectivity index (χ1v) is 7.88. The van der Waals surface area contributed by atoms with Crippen LogP contribution in [0.3, 0.4) is 0 Å². The predicted octanol–water partition coefficient (Wildman–Crippen LogP) is 4.11. The minimum Gasteiger partial charge on any atom is -0.481 e. The standard InChI is InChI=1S/C15H12Cl3NO3/c16-8-4-10(18)11(5-9(8)17)19-14(20)12-6-1-2-7(3-6)13(12)15(21)22/h1-2,4-7,12-13H,3H2,(H,19,20)(H,21,22). The van der Waals surface area contributed by atoms with Crippen LogP contribution in [0.2, 0.25) is 15.1 Å². The number of carbonyl (C=O) groups is 2. The molecule has 1 fully saturated rings. The molecule has 1 amide bonds. The molecule has 2 bridgehead atoms. The number of rotatable bonds is 3. The molecule has 3 rings (SSSR count). The van der Waals surface area contributed by atoms with Gasteiger partial charge >= 0.3 is 5.97 Å². The number of amides is 1. The number of aliphatic carboxylic acids is 1. The molecule has 2 aliphatic rings. The average Bonchev–Trinajstić information content (AvgIpc) is 3.05. The lowest BCUT2D eigenvalue weighted by Crippen LogP contribution is -2.36. The highest BCUT2D eigenvalue weighted by atomic mass is 35.5. The smallest absolute Gasteiger partial charge is 0.307 e. The van der Waals surface area contributed by atoms with E-state index >= 15 is 0 Å². The summed E-state index contributed by atoms with van der Waals surface area (Å²) in [5.74, 6) is -2.73. The van der Waals surface area contributed by atoms with Crippen LogP contribution in [0.4, 0.5) is 5.69 Å². The molecule has 0 aliphatic heterocycles. The van der Waals surface area contributed by atoms with Crippen LogP contribution in [-0.4, -0.2) is 17.0 Å². The van der Waals surface area contributed by atoms with Crippen LogP contribution in [0, 0.1) is 23.7 Å². The van der Waals surface area contributed by atoms with Crippen LogP contribution in [0.25, 0.3) is 0 Å². The molecule has 7 heteroatoms. The third-order valence-corrected chi connectivity index (χ3v) is 5.35. The van der Waals surface area contributed by atoms with E-state index in [-0.39, 0.29) is 32.8 Å². The van der Waals surface area contributed by atoms with Gasteiger partial charge in [-0.25, -0.2) is 0 Å². The van der Waals surface area contributed by atoms with E-state index in [1.807, 2.05) is 12.2 Å². The van der Waals surface area contributed by atoms with Gasteiger partial charge in [0.15, 0.2) is 0 Å². The van der Waals surface area contributed by atoms with Crippen molar-refractivity contribution >= 4 is 52.4 Å². The Morgan fingerprint density at radius 3 is 2.23 bits per heavy atom. The van der Waals surface area contributed by atoms with Crippen molar-refractivity contribution in [1.29, 1.82) is 0 Å². The minimum atomic E-state index is -0.947. The van der Waals surface area contributed by atoms with Gasteiger partial charge in [0.2, 0.25) is 5.91 Å². The number of carbonyl (C=O) groups excluding carboxylic acids is 1. The van der Waals surface area contributed by atoms with E-state index in [4.69, 9.17) is 34.8 Å². The third kappa shape index (κ3) is 2.60. The lowest BCUT2D eigenvalue weighted by Gasteiger charge is -2.24.